The number of allylic oxidation sites excluding steroid dienone is 2. The van der Waals surface area contributed by atoms with Crippen molar-refractivity contribution in [3.05, 3.63) is 11.6 Å². The van der Waals surface area contributed by atoms with Crippen LogP contribution < -0.4 is 0 Å². The molecule has 4 rings (SSSR count). The van der Waals surface area contributed by atoms with Crippen molar-refractivity contribution >= 4 is 8.32 Å². The minimum atomic E-state index is -1.72. The van der Waals surface area contributed by atoms with Gasteiger partial charge in [-0.15, -0.1) is 0 Å². The molecule has 0 aromatic heterocycles. The van der Waals surface area contributed by atoms with Crippen LogP contribution in [0.2, 0.25) is 18.1 Å². The Morgan fingerprint density at radius 2 is 1.73 bits per heavy atom. The zero-order valence-corrected chi connectivity index (χ0v) is 21.9. The Morgan fingerprint density at radius 1 is 1.03 bits per heavy atom. The molecule has 0 unspecified atom stereocenters. The highest BCUT2D eigenvalue weighted by atomic mass is 28.4. The summed E-state index contributed by atoms with van der Waals surface area (Å²) >= 11 is 0. The van der Waals surface area contributed by atoms with Crippen molar-refractivity contribution in [2.24, 2.45) is 34.0 Å². The van der Waals surface area contributed by atoms with E-state index in [-0.39, 0.29) is 10.5 Å². The second-order valence-corrected chi connectivity index (χ2v) is 18.3. The molecule has 4 aliphatic rings. The monoisotopic (exact) mass is 427 g/mol. The van der Waals surface area contributed by atoms with E-state index in [2.05, 4.69) is 66.8 Å². The van der Waals surface area contributed by atoms with Crippen molar-refractivity contribution in [3.63, 3.8) is 0 Å². The van der Waals surface area contributed by atoms with E-state index in [0.29, 0.717) is 22.9 Å². The van der Waals surface area contributed by atoms with Crippen molar-refractivity contribution in [3.8, 4) is 6.07 Å². The zero-order valence-electron chi connectivity index (χ0n) is 20.9. The molecular weight excluding hydrogens is 382 g/mol. The molecule has 168 valence electrons. The van der Waals surface area contributed by atoms with Crippen molar-refractivity contribution in [1.29, 1.82) is 5.26 Å². The lowest BCUT2D eigenvalue weighted by molar-refractivity contribution is -0.162. The molecule has 3 saturated carbocycles. The number of rotatable bonds is 2. The Kier molecular flexibility index (Phi) is 5.23. The highest BCUT2D eigenvalue weighted by molar-refractivity contribution is 6.74. The van der Waals surface area contributed by atoms with Crippen LogP contribution in [0.4, 0.5) is 0 Å². The molecule has 0 bridgehead atoms. The molecule has 0 spiro atoms. The SMILES string of the molecule is CC(C)(C)[Si](C)(C)O[C@@H]1CC[C@]2(C)[C@H]3CC[C@]4(C)C(C#N)=CC[C@H]4[C@@H]3CC[C@@]2(C)C1. The van der Waals surface area contributed by atoms with E-state index in [1.165, 1.54) is 44.9 Å². The van der Waals surface area contributed by atoms with Gasteiger partial charge in [0.1, 0.15) is 0 Å². The van der Waals surface area contributed by atoms with Crippen LogP contribution in [0.5, 0.6) is 0 Å². The van der Waals surface area contributed by atoms with Gasteiger partial charge in [0.05, 0.1) is 6.07 Å². The van der Waals surface area contributed by atoms with Crippen molar-refractivity contribution in [2.45, 2.75) is 117 Å². The van der Waals surface area contributed by atoms with Gasteiger partial charge in [0.2, 0.25) is 0 Å². The van der Waals surface area contributed by atoms with Crippen LogP contribution in [0.25, 0.3) is 0 Å². The van der Waals surface area contributed by atoms with Gasteiger partial charge < -0.3 is 4.43 Å². The maximum atomic E-state index is 9.70. The van der Waals surface area contributed by atoms with Crippen LogP contribution in [0.3, 0.4) is 0 Å². The summed E-state index contributed by atoms with van der Waals surface area (Å²) in [6, 6.07) is 2.56. The van der Waals surface area contributed by atoms with Gasteiger partial charge in [0.15, 0.2) is 8.32 Å². The normalized spacial score (nSPS) is 46.3. The van der Waals surface area contributed by atoms with Gasteiger partial charge in [-0.25, -0.2) is 0 Å². The molecule has 2 nitrogen and oxygen atoms in total. The maximum Gasteiger partial charge on any atom is 0.192 e. The highest BCUT2D eigenvalue weighted by Crippen LogP contribution is 2.70. The van der Waals surface area contributed by atoms with Gasteiger partial charge in [0.25, 0.3) is 0 Å². The second kappa shape index (κ2) is 6.95. The highest BCUT2D eigenvalue weighted by Gasteiger charge is 2.62. The summed E-state index contributed by atoms with van der Waals surface area (Å²) in [4.78, 5) is 0. The van der Waals surface area contributed by atoms with Gasteiger partial charge in [-0.05, 0) is 98.1 Å². The molecule has 0 radical (unpaired) electrons. The molecule has 30 heavy (non-hydrogen) atoms. The summed E-state index contributed by atoms with van der Waals surface area (Å²) in [6.07, 6.45) is 12.9. The summed E-state index contributed by atoms with van der Waals surface area (Å²) in [5, 5.41) is 9.98. The van der Waals surface area contributed by atoms with Gasteiger partial charge in [-0.2, -0.15) is 5.26 Å². The fourth-order valence-corrected chi connectivity index (χ4v) is 9.41. The summed E-state index contributed by atoms with van der Waals surface area (Å²) in [6.45, 7) is 19.6. The quantitative estimate of drug-likeness (QED) is 0.420. The number of hydrogen-bond acceptors (Lipinski definition) is 2. The van der Waals surface area contributed by atoms with Crippen LogP contribution in [0.1, 0.15) is 92.9 Å². The first-order valence-electron chi connectivity index (χ1n) is 12.6. The molecular formula is C27H45NOSi. The molecule has 3 heteroatoms. The fourth-order valence-electron chi connectivity index (χ4n) is 8.02. The average molecular weight is 428 g/mol. The van der Waals surface area contributed by atoms with E-state index < -0.39 is 8.32 Å². The molecule has 4 aliphatic carbocycles. The van der Waals surface area contributed by atoms with E-state index in [9.17, 15) is 5.26 Å². The smallest absolute Gasteiger partial charge is 0.192 e. The third-order valence-electron chi connectivity index (χ3n) is 11.3. The summed E-state index contributed by atoms with van der Waals surface area (Å²) in [5.74, 6) is 2.34. The Bertz CT molecular complexity index is 773. The van der Waals surface area contributed by atoms with Crippen molar-refractivity contribution in [2.75, 3.05) is 0 Å². The van der Waals surface area contributed by atoms with Crippen LogP contribution in [-0.4, -0.2) is 14.4 Å². The van der Waals surface area contributed by atoms with E-state index >= 15 is 0 Å². The third-order valence-corrected chi connectivity index (χ3v) is 15.8. The predicted molar refractivity (Wildman–Crippen MR) is 127 cm³/mol. The lowest BCUT2D eigenvalue weighted by Gasteiger charge is -2.65. The molecule has 0 aromatic carbocycles. The second-order valence-electron chi connectivity index (χ2n) is 13.6. The molecule has 0 N–H and O–H groups in total. The van der Waals surface area contributed by atoms with Crippen LogP contribution >= 0.6 is 0 Å². The largest absolute Gasteiger partial charge is 0.414 e. The topological polar surface area (TPSA) is 33.0 Å². The minimum Gasteiger partial charge on any atom is -0.414 e. The van der Waals surface area contributed by atoms with E-state index in [1.54, 1.807) is 0 Å². The first kappa shape index (κ1) is 22.6. The Hall–Kier alpha value is -0.593. The first-order valence-corrected chi connectivity index (χ1v) is 15.5. The third kappa shape index (κ3) is 3.11. The van der Waals surface area contributed by atoms with Gasteiger partial charge >= 0.3 is 0 Å². The Labute approximate surface area is 187 Å². The Morgan fingerprint density at radius 3 is 2.37 bits per heavy atom. The standard InChI is InChI=1S/C27H45NOSi/c1-24(2,3)30(7,8)29-20-11-16-27(6)23-13-15-26(5)19(18-28)9-10-22(26)21(23)12-14-25(27,4)17-20/h9,20-23H,10-17H2,1-8H3/t20-,21+,22+,23+,25+,26-,27-/m1/s1. The van der Waals surface area contributed by atoms with Crippen LogP contribution in [0.15, 0.2) is 11.6 Å². The van der Waals surface area contributed by atoms with Gasteiger partial charge in [-0.1, -0.05) is 47.6 Å². The van der Waals surface area contributed by atoms with E-state index in [4.69, 9.17) is 4.43 Å². The van der Waals surface area contributed by atoms with Gasteiger partial charge in [-0.3, -0.25) is 0 Å². The van der Waals surface area contributed by atoms with Crippen LogP contribution in [0, 0.1) is 45.3 Å². The molecule has 0 aliphatic heterocycles. The number of nitriles is 1. The predicted octanol–water partition coefficient (Wildman–Crippen LogP) is 7.87. The lowest BCUT2D eigenvalue weighted by atomic mass is 9.40. The number of nitrogens with zero attached hydrogens (tertiary/aromatic N) is 1. The lowest BCUT2D eigenvalue weighted by Crippen LogP contribution is -2.59. The van der Waals surface area contributed by atoms with E-state index in [1.807, 2.05) is 0 Å². The molecule has 0 aromatic rings. The zero-order chi connectivity index (χ0) is 22.2. The molecule has 0 saturated heterocycles. The molecule has 0 amide bonds. The summed E-state index contributed by atoms with van der Waals surface area (Å²) in [5.41, 5.74) is 2.08. The fraction of sp³-hybridized carbons (Fsp3) is 0.889. The van der Waals surface area contributed by atoms with Gasteiger partial charge in [0, 0.05) is 17.1 Å². The minimum absolute atomic E-state index is 0.155. The molecule has 3 fully saturated rings. The van der Waals surface area contributed by atoms with Crippen molar-refractivity contribution < 1.29 is 4.43 Å². The summed E-state index contributed by atoms with van der Waals surface area (Å²) in [7, 11) is -1.72. The number of hydrogen-bond donors (Lipinski definition) is 0. The molecule has 0 heterocycles. The van der Waals surface area contributed by atoms with Crippen LogP contribution in [-0.2, 0) is 4.43 Å². The van der Waals surface area contributed by atoms with E-state index in [0.717, 1.165) is 23.8 Å². The maximum absolute atomic E-state index is 9.70. The number of fused-ring (bicyclic) bond motifs is 5. The first-order chi connectivity index (χ1) is 13.8. The summed E-state index contributed by atoms with van der Waals surface area (Å²) < 4.78 is 6.95. The van der Waals surface area contributed by atoms with Crippen molar-refractivity contribution in [1.82, 2.24) is 0 Å². The molecule has 7 atom stereocenters. The average Bonchev–Trinajstić information content (AvgIpc) is 2.98. The Balaban J connectivity index is 1.54.